The van der Waals surface area contributed by atoms with E-state index >= 15 is 0 Å². The molecule has 4 heteroatoms. The summed E-state index contributed by atoms with van der Waals surface area (Å²) in [7, 11) is 0. The van der Waals surface area contributed by atoms with Crippen molar-refractivity contribution in [3.8, 4) is 0 Å². The van der Waals surface area contributed by atoms with Gasteiger partial charge in [0.25, 0.3) is 6.47 Å². The van der Waals surface area contributed by atoms with Crippen LogP contribution in [-0.2, 0) is 9.53 Å². The number of carbonyl (C=O) groups is 1. The molecule has 0 spiro atoms. The third kappa shape index (κ3) is 26.1. The molecule has 0 heterocycles. The van der Waals surface area contributed by atoms with Gasteiger partial charge in [0.05, 0.1) is 6.61 Å². The summed E-state index contributed by atoms with van der Waals surface area (Å²) in [5, 5.41) is 4.19. The number of ether oxygens (including phenoxy) is 1. The van der Waals surface area contributed by atoms with Gasteiger partial charge in [0.15, 0.2) is 0 Å². The molecule has 0 aromatic carbocycles. The van der Waals surface area contributed by atoms with Crippen molar-refractivity contribution in [3.05, 3.63) is 0 Å². The van der Waals surface area contributed by atoms with E-state index in [1.165, 1.54) is 0 Å². The molecule has 0 aliphatic rings. The second kappa shape index (κ2) is 17.1. The van der Waals surface area contributed by atoms with Crippen LogP contribution in [0.2, 0.25) is 0 Å². The molecule has 0 saturated carbocycles. The van der Waals surface area contributed by atoms with Crippen LogP contribution in [0.4, 0.5) is 0 Å². The molecule has 44 valence electrons. The molecular weight excluding hydrogens is 114 g/mol. The molecule has 0 bridgehead atoms. The average Bonchev–Trinajstić information content (AvgIpc) is 1.75. The van der Waals surface area contributed by atoms with Gasteiger partial charge in [-0.2, -0.15) is 0 Å². The van der Waals surface area contributed by atoms with E-state index in [2.05, 4.69) is 22.7 Å². The van der Waals surface area contributed by atoms with E-state index in [-0.39, 0.29) is 0 Å². The Morgan fingerprint density at radius 1 is 1.86 bits per heavy atom. The highest BCUT2D eigenvalue weighted by molar-refractivity contribution is 7.77. The van der Waals surface area contributed by atoms with Crippen molar-refractivity contribution in [2.24, 2.45) is 5.14 Å². The minimum absolute atomic E-state index is 0.431. The van der Waals surface area contributed by atoms with Gasteiger partial charge in [0.2, 0.25) is 0 Å². The first kappa shape index (κ1) is 9.91. The van der Waals surface area contributed by atoms with Crippen LogP contribution in [0, 0.1) is 0 Å². The predicted octanol–water partition coefficient (Wildman–Crippen LogP) is -0.0308. The fourth-order valence-electron chi connectivity index (χ4n) is 0.0680. The molecule has 0 rings (SSSR count). The Balaban J connectivity index is 0. The zero-order chi connectivity index (χ0) is 6.12. The number of hydrogen-bond acceptors (Lipinski definition) is 4. The smallest absolute Gasteiger partial charge is 0.293 e. The molecule has 0 saturated heterocycles. The lowest BCUT2D eigenvalue weighted by atomic mass is 10.9. The molecule has 3 nitrogen and oxygen atoms in total. The number of nitrogens with two attached hydrogens (primary N) is 1. The van der Waals surface area contributed by atoms with Crippen molar-refractivity contribution >= 4 is 19.3 Å². The fraction of sp³-hybridized carbons (Fsp3) is 0.667. The lowest BCUT2D eigenvalue weighted by Crippen LogP contribution is -1.80. The largest absolute Gasteiger partial charge is 0.468 e. The zero-order valence-corrected chi connectivity index (χ0v) is 5.02. The first-order valence-electron chi connectivity index (χ1n) is 1.73. The van der Waals surface area contributed by atoms with Gasteiger partial charge in [-0.1, -0.05) is 0 Å². The normalized spacial score (nSPS) is 5.57. The highest BCUT2D eigenvalue weighted by Crippen LogP contribution is 1.55. The molecule has 7 heavy (non-hydrogen) atoms. The summed E-state index contributed by atoms with van der Waals surface area (Å²) in [6.07, 6.45) is 0. The van der Waals surface area contributed by atoms with Crippen LogP contribution in [0.3, 0.4) is 0 Å². The summed E-state index contributed by atoms with van der Waals surface area (Å²) in [6, 6.07) is 0. The molecule has 2 N–H and O–H groups in total. The van der Waals surface area contributed by atoms with Crippen molar-refractivity contribution < 1.29 is 9.53 Å². The van der Waals surface area contributed by atoms with Gasteiger partial charge < -0.3 is 4.74 Å². The summed E-state index contributed by atoms with van der Waals surface area (Å²) >= 11 is 3.03. The topological polar surface area (TPSA) is 52.3 Å². The van der Waals surface area contributed by atoms with Gasteiger partial charge in [-0.25, -0.2) is 0 Å². The Morgan fingerprint density at radius 2 is 2.29 bits per heavy atom. The van der Waals surface area contributed by atoms with Crippen LogP contribution >= 0.6 is 12.8 Å². The van der Waals surface area contributed by atoms with Gasteiger partial charge in [0.1, 0.15) is 0 Å². The van der Waals surface area contributed by atoms with Crippen molar-refractivity contribution in [1.29, 1.82) is 0 Å². The zero-order valence-electron chi connectivity index (χ0n) is 4.13. The summed E-state index contributed by atoms with van der Waals surface area (Å²) in [4.78, 5) is 9.18. The number of thiol groups is 1. The summed E-state index contributed by atoms with van der Waals surface area (Å²) in [5.41, 5.74) is 0. The minimum atomic E-state index is 0.431. The Morgan fingerprint density at radius 3 is 2.29 bits per heavy atom. The van der Waals surface area contributed by atoms with Crippen LogP contribution in [0.15, 0.2) is 0 Å². The lowest BCUT2D eigenvalue weighted by Gasteiger charge is -1.79. The molecule has 0 aromatic heterocycles. The van der Waals surface area contributed by atoms with Crippen LogP contribution < -0.4 is 5.14 Å². The minimum Gasteiger partial charge on any atom is -0.468 e. The SMILES string of the molecule is CCOC=O.NS. The Hall–Kier alpha value is -0.220. The van der Waals surface area contributed by atoms with Crippen molar-refractivity contribution in [1.82, 2.24) is 0 Å². The molecular formula is C3H9NO2S. The van der Waals surface area contributed by atoms with Crippen molar-refractivity contribution in [2.45, 2.75) is 6.92 Å². The van der Waals surface area contributed by atoms with Crippen LogP contribution in [-0.4, -0.2) is 13.1 Å². The Bertz CT molecular complexity index is 34.1. The highest BCUT2D eigenvalue weighted by atomic mass is 32.1. The molecule has 0 aliphatic carbocycles. The van der Waals surface area contributed by atoms with E-state index in [0.29, 0.717) is 13.1 Å². The van der Waals surface area contributed by atoms with Gasteiger partial charge in [0, 0.05) is 0 Å². The standard InChI is InChI=1S/C3H6O2.H3NS/c1-2-5-3-4;1-2/h3H,2H2,1H3;2H,1H2. The summed E-state index contributed by atoms with van der Waals surface area (Å²) in [5.74, 6) is 0. The maximum Gasteiger partial charge on any atom is 0.293 e. The highest BCUT2D eigenvalue weighted by Gasteiger charge is 1.60. The van der Waals surface area contributed by atoms with Crippen LogP contribution in [0.25, 0.3) is 0 Å². The van der Waals surface area contributed by atoms with E-state index in [0.717, 1.165) is 0 Å². The van der Waals surface area contributed by atoms with Crippen molar-refractivity contribution in [2.75, 3.05) is 6.61 Å². The molecule has 0 atom stereocenters. The fourth-order valence-corrected chi connectivity index (χ4v) is 0.0680. The Labute approximate surface area is 48.4 Å². The predicted molar refractivity (Wildman–Crippen MR) is 30.9 cm³/mol. The first-order chi connectivity index (χ1) is 3.41. The maximum atomic E-state index is 9.18. The van der Waals surface area contributed by atoms with Crippen molar-refractivity contribution in [3.63, 3.8) is 0 Å². The van der Waals surface area contributed by atoms with Gasteiger partial charge in [-0.05, 0) is 6.92 Å². The van der Waals surface area contributed by atoms with Crippen LogP contribution in [0.1, 0.15) is 6.92 Å². The van der Waals surface area contributed by atoms with E-state index in [9.17, 15) is 4.79 Å². The first-order valence-corrected chi connectivity index (χ1v) is 2.24. The molecule has 0 fully saturated rings. The monoisotopic (exact) mass is 123 g/mol. The lowest BCUT2D eigenvalue weighted by molar-refractivity contribution is -0.128. The maximum absolute atomic E-state index is 9.18. The third-order valence-corrected chi connectivity index (χ3v) is 0.235. The molecule has 0 radical (unpaired) electrons. The number of rotatable bonds is 2. The molecule has 0 amide bonds. The molecule has 0 unspecified atom stereocenters. The van der Waals surface area contributed by atoms with E-state index in [1.807, 2.05) is 0 Å². The number of carbonyl (C=O) groups excluding carboxylic acids is 1. The van der Waals surface area contributed by atoms with E-state index < -0.39 is 0 Å². The molecule has 0 aromatic rings. The second-order valence-corrected chi connectivity index (χ2v) is 0.552. The summed E-state index contributed by atoms with van der Waals surface area (Å²) in [6.45, 7) is 2.66. The van der Waals surface area contributed by atoms with Gasteiger partial charge in [-0.3, -0.25) is 9.93 Å². The van der Waals surface area contributed by atoms with E-state index in [4.69, 9.17) is 0 Å². The summed E-state index contributed by atoms with van der Waals surface area (Å²) < 4.78 is 4.15. The Kier molecular flexibility index (Phi) is 24.2. The van der Waals surface area contributed by atoms with E-state index in [1.54, 1.807) is 6.92 Å². The van der Waals surface area contributed by atoms with Crippen LogP contribution in [0.5, 0.6) is 0 Å². The van der Waals surface area contributed by atoms with Gasteiger partial charge in [-0.15, -0.1) is 12.8 Å². The van der Waals surface area contributed by atoms with Gasteiger partial charge >= 0.3 is 0 Å². The second-order valence-electron chi connectivity index (χ2n) is 0.552. The average molecular weight is 123 g/mol. The quantitative estimate of drug-likeness (QED) is 0.400. The third-order valence-electron chi connectivity index (χ3n) is 0.235. The number of hydrogen-bond donors (Lipinski definition) is 2. The molecule has 0 aliphatic heterocycles.